The zero-order chi connectivity index (χ0) is 18.3. The van der Waals surface area contributed by atoms with Gasteiger partial charge in [0, 0.05) is 6.61 Å². The minimum absolute atomic E-state index is 0.196. The molecule has 130 valence electrons. The van der Waals surface area contributed by atoms with Crippen LogP contribution in [-0.4, -0.2) is 45.8 Å². The van der Waals surface area contributed by atoms with Gasteiger partial charge in [-0.25, -0.2) is 0 Å². The summed E-state index contributed by atoms with van der Waals surface area (Å²) in [6.45, 7) is 1.93. The molecule has 0 aliphatic carbocycles. The van der Waals surface area contributed by atoms with E-state index in [4.69, 9.17) is 27.2 Å². The molecule has 0 aliphatic heterocycles. The van der Waals surface area contributed by atoms with Gasteiger partial charge in [0.05, 0.1) is 0 Å². The van der Waals surface area contributed by atoms with Gasteiger partial charge in [-0.1, -0.05) is 0 Å². The van der Waals surface area contributed by atoms with Crippen LogP contribution in [0, 0.1) is 0 Å². The summed E-state index contributed by atoms with van der Waals surface area (Å²) in [6, 6.07) is 4.14. The molecular weight excluding hydrogens is 392 g/mol. The van der Waals surface area contributed by atoms with E-state index in [1.807, 2.05) is 0 Å². The second-order valence-electron chi connectivity index (χ2n) is 3.82. The molecule has 0 heterocycles. The number of carbonyl (C=O) groups excluding carboxylic acids is 2. The monoisotopic (exact) mass is 408 g/mol. The van der Waals surface area contributed by atoms with Crippen molar-refractivity contribution in [1.82, 2.24) is 0 Å². The van der Waals surface area contributed by atoms with Crippen LogP contribution in [0.4, 0.5) is 0 Å². The van der Waals surface area contributed by atoms with E-state index in [0.29, 0.717) is 0 Å². The molecular formula is C10H16O11Ti2. The number of aliphatic hydroxyl groups excluding tert-OH is 1. The van der Waals surface area contributed by atoms with Gasteiger partial charge < -0.3 is 5.11 Å². The van der Waals surface area contributed by atoms with E-state index in [-0.39, 0.29) is 17.7 Å². The molecule has 23 heavy (non-hydrogen) atoms. The third kappa shape index (κ3) is 10.7. The molecule has 0 spiro atoms. The van der Waals surface area contributed by atoms with Gasteiger partial charge in [-0.3, -0.25) is 0 Å². The van der Waals surface area contributed by atoms with E-state index < -0.39 is 48.2 Å². The van der Waals surface area contributed by atoms with Gasteiger partial charge in [-0.05, 0) is 6.92 Å². The van der Waals surface area contributed by atoms with Crippen molar-refractivity contribution in [3.8, 4) is 0 Å². The molecule has 0 unspecified atom stereocenters. The van der Waals surface area contributed by atoms with Crippen LogP contribution in [-0.2, 0) is 42.9 Å². The van der Waals surface area contributed by atoms with Crippen molar-refractivity contribution in [3.63, 3.8) is 0 Å². The number of benzene rings is 1. The van der Waals surface area contributed by atoms with Crippen molar-refractivity contribution in [2.24, 2.45) is 0 Å². The van der Waals surface area contributed by atoms with Crippen molar-refractivity contribution in [1.29, 1.82) is 0 Å². The Morgan fingerprint density at radius 3 is 1.22 bits per heavy atom. The predicted octanol–water partition coefficient (Wildman–Crippen LogP) is -2.42. The first-order valence-corrected chi connectivity index (χ1v) is 11.4. The van der Waals surface area contributed by atoms with Gasteiger partial charge in [0.25, 0.3) is 0 Å². The topological polar surface area (TPSA) is 194 Å². The fourth-order valence-electron chi connectivity index (χ4n) is 1.11. The summed E-state index contributed by atoms with van der Waals surface area (Å²) in [5, 5.41) is 7.57. The Kier molecular flexibility index (Phi) is 9.28. The Bertz CT molecular complexity index is 470. The van der Waals surface area contributed by atoms with Crippen LogP contribution in [0.1, 0.15) is 27.6 Å². The Morgan fingerprint density at radius 2 is 1.04 bits per heavy atom. The van der Waals surface area contributed by atoms with E-state index in [0.717, 1.165) is 24.3 Å². The van der Waals surface area contributed by atoms with Gasteiger partial charge in [0.1, 0.15) is 0 Å². The molecule has 0 amide bonds. The molecule has 0 fully saturated rings. The quantitative estimate of drug-likeness (QED) is 0.262. The molecule has 0 bridgehead atoms. The summed E-state index contributed by atoms with van der Waals surface area (Å²) in [4.78, 5) is 22.6. The maximum atomic E-state index is 11.3. The van der Waals surface area contributed by atoms with Crippen LogP contribution < -0.4 is 0 Å². The third-order valence-electron chi connectivity index (χ3n) is 1.82. The van der Waals surface area contributed by atoms with Crippen molar-refractivity contribution in [2.75, 3.05) is 6.61 Å². The van der Waals surface area contributed by atoms with Crippen LogP contribution in [0.5, 0.6) is 0 Å². The minimum atomic E-state index is -5.48. The Labute approximate surface area is 140 Å². The molecule has 0 aromatic heterocycles. The Balaban J connectivity index is 0.00000149. The molecule has 11 nitrogen and oxygen atoms in total. The number of aliphatic hydroxyl groups is 1. The van der Waals surface area contributed by atoms with Crippen LogP contribution in [0.15, 0.2) is 24.3 Å². The van der Waals surface area contributed by atoms with E-state index in [9.17, 15) is 9.59 Å². The van der Waals surface area contributed by atoms with Gasteiger partial charge in [0.2, 0.25) is 0 Å². The summed E-state index contributed by atoms with van der Waals surface area (Å²) in [7, 11) is 0. The SMILES string of the molecule is CCO.O=C([O][Ti]([OH])([OH])[OH])c1ccc(C(=O)[O][Ti]([OH])([OH])[OH])cc1. The molecule has 7 N–H and O–H groups in total. The van der Waals surface area contributed by atoms with E-state index >= 15 is 0 Å². The molecule has 0 radical (unpaired) electrons. The zero-order valence-corrected chi connectivity index (χ0v) is 14.9. The molecule has 1 aromatic carbocycles. The second kappa shape index (κ2) is 9.57. The zero-order valence-electron chi connectivity index (χ0n) is 11.8. The first kappa shape index (κ1) is 22.3. The summed E-state index contributed by atoms with van der Waals surface area (Å²) in [6.07, 6.45) is 0. The van der Waals surface area contributed by atoms with Crippen molar-refractivity contribution >= 4 is 11.9 Å². The molecule has 1 aromatic rings. The van der Waals surface area contributed by atoms with E-state index in [1.165, 1.54) is 0 Å². The first-order chi connectivity index (χ1) is 10.4. The van der Waals surface area contributed by atoms with Gasteiger partial charge in [-0.2, -0.15) is 0 Å². The van der Waals surface area contributed by atoms with Crippen LogP contribution in [0.2, 0.25) is 0 Å². The van der Waals surface area contributed by atoms with Crippen molar-refractivity contribution in [3.05, 3.63) is 35.4 Å². The number of hydrogen-bond donors (Lipinski definition) is 7. The van der Waals surface area contributed by atoms with Gasteiger partial charge in [0.15, 0.2) is 0 Å². The summed E-state index contributed by atoms with van der Waals surface area (Å²) >= 11 is -11.0. The summed E-state index contributed by atoms with van der Waals surface area (Å²) in [5.41, 5.74) is -0.392. The molecule has 1 rings (SSSR count). The average molecular weight is 408 g/mol. The second-order valence-corrected chi connectivity index (χ2v) is 8.04. The molecule has 0 saturated carbocycles. The molecule has 0 aliphatic rings. The number of carbonyl (C=O) groups is 2. The summed E-state index contributed by atoms with van der Waals surface area (Å²) < 4.78 is 59.7. The molecule has 13 heteroatoms. The van der Waals surface area contributed by atoms with Crippen LogP contribution >= 0.6 is 0 Å². The van der Waals surface area contributed by atoms with Gasteiger partial charge >= 0.3 is 122 Å². The van der Waals surface area contributed by atoms with Crippen LogP contribution in [0.25, 0.3) is 0 Å². The fraction of sp³-hybridized carbons (Fsp3) is 0.200. The Morgan fingerprint density at radius 1 is 0.826 bits per heavy atom. The molecule has 0 atom stereocenters. The van der Waals surface area contributed by atoms with Crippen molar-refractivity contribution < 1.29 is 79.7 Å². The average Bonchev–Trinajstić information content (AvgIpc) is 2.36. The number of rotatable bonds is 4. The van der Waals surface area contributed by atoms with Crippen LogP contribution in [0.3, 0.4) is 0 Å². The fourth-order valence-corrected chi connectivity index (χ4v) is 2.25. The summed E-state index contributed by atoms with van der Waals surface area (Å²) in [5.74, 6) is -2.42. The first-order valence-electron chi connectivity index (χ1n) is 5.91. The van der Waals surface area contributed by atoms with Gasteiger partial charge in [-0.15, -0.1) is 0 Å². The van der Waals surface area contributed by atoms with Crippen molar-refractivity contribution in [2.45, 2.75) is 6.92 Å². The predicted molar refractivity (Wildman–Crippen MR) is 63.3 cm³/mol. The Hall–Kier alpha value is -0.691. The molecule has 0 saturated heterocycles. The maximum absolute atomic E-state index is 11.3. The standard InChI is InChI=1S/C8H6O4.C2H6O.6H2O.2Ti/c9-7(10)5-1-2-6(4-3-5)8(11)12;1-2-3;;;;;;;;/h1-4H,(H,9,10)(H,11,12);3H,2H2,1H3;6*1H2;;/q;;;;;;;;2*+4/p-8. The van der Waals surface area contributed by atoms with E-state index in [2.05, 4.69) is 6.64 Å². The third-order valence-corrected chi connectivity index (χ3v) is 3.25. The van der Waals surface area contributed by atoms with E-state index in [1.54, 1.807) is 6.92 Å². The number of hydrogen-bond acceptors (Lipinski definition) is 11. The normalized spacial score (nSPS) is 11.1.